The van der Waals surface area contributed by atoms with Gasteiger partial charge in [0.05, 0.1) is 17.0 Å². The van der Waals surface area contributed by atoms with Crippen molar-refractivity contribution in [3.8, 4) is 23.3 Å². The molecule has 0 aliphatic carbocycles. The quantitative estimate of drug-likeness (QED) is 0.519. The maximum Gasteiger partial charge on any atom is 0.256 e. The van der Waals surface area contributed by atoms with Gasteiger partial charge in [-0.2, -0.15) is 5.26 Å². The summed E-state index contributed by atoms with van der Waals surface area (Å²) in [6, 6.07) is 26.1. The molecule has 0 bridgehead atoms. The van der Waals surface area contributed by atoms with Gasteiger partial charge in [0, 0.05) is 5.39 Å². The number of hydrogen-bond acceptors (Lipinski definition) is 5. The monoisotopic (exact) mass is 407 g/mol. The molecule has 0 spiro atoms. The zero-order valence-corrected chi connectivity index (χ0v) is 16.3. The van der Waals surface area contributed by atoms with Gasteiger partial charge in [-0.15, -0.1) is 0 Å². The van der Waals surface area contributed by atoms with E-state index in [-0.39, 0.29) is 17.0 Å². The van der Waals surface area contributed by atoms with E-state index < -0.39 is 5.92 Å². The summed E-state index contributed by atoms with van der Waals surface area (Å²) in [6.07, 6.45) is 0. The first kappa shape index (κ1) is 18.5. The SMILES string of the molecule is N#CC1=C(N)Oc2c(c(=O)[nH]c3ccccc23)[C@H]1c1cccc(Oc2ccccc2)c1. The number of nitrogens with two attached hydrogens (primary N) is 1. The highest BCUT2D eigenvalue weighted by atomic mass is 16.5. The molecular weight excluding hydrogens is 390 g/mol. The summed E-state index contributed by atoms with van der Waals surface area (Å²) >= 11 is 0. The van der Waals surface area contributed by atoms with Crippen LogP contribution in [0.5, 0.6) is 17.2 Å². The Labute approximate surface area is 177 Å². The van der Waals surface area contributed by atoms with Crippen LogP contribution in [0.2, 0.25) is 0 Å². The number of nitriles is 1. The summed E-state index contributed by atoms with van der Waals surface area (Å²) < 4.78 is 11.7. The molecule has 3 aromatic carbocycles. The number of ether oxygens (including phenoxy) is 2. The Morgan fingerprint density at radius 3 is 2.52 bits per heavy atom. The van der Waals surface area contributed by atoms with Crippen molar-refractivity contribution in [3.63, 3.8) is 0 Å². The average molecular weight is 407 g/mol. The minimum absolute atomic E-state index is 0.00914. The third-order valence-corrected chi connectivity index (χ3v) is 5.25. The van der Waals surface area contributed by atoms with Gasteiger partial charge in [-0.3, -0.25) is 4.79 Å². The van der Waals surface area contributed by atoms with E-state index in [0.29, 0.717) is 33.9 Å². The van der Waals surface area contributed by atoms with Crippen molar-refractivity contribution in [1.29, 1.82) is 5.26 Å². The highest BCUT2D eigenvalue weighted by molar-refractivity contribution is 5.87. The summed E-state index contributed by atoms with van der Waals surface area (Å²) in [5, 5.41) is 10.5. The van der Waals surface area contributed by atoms with E-state index in [1.165, 1.54) is 0 Å². The third kappa shape index (κ3) is 3.18. The predicted octanol–water partition coefficient (Wildman–Crippen LogP) is 4.54. The molecule has 4 aromatic rings. The van der Waals surface area contributed by atoms with Gasteiger partial charge in [-0.05, 0) is 42.0 Å². The van der Waals surface area contributed by atoms with E-state index in [1.807, 2.05) is 72.8 Å². The van der Waals surface area contributed by atoms with E-state index in [9.17, 15) is 10.1 Å². The molecule has 6 heteroatoms. The molecule has 6 nitrogen and oxygen atoms in total. The van der Waals surface area contributed by atoms with Gasteiger partial charge in [-0.1, -0.05) is 42.5 Å². The molecule has 0 saturated heterocycles. The van der Waals surface area contributed by atoms with Gasteiger partial charge in [0.1, 0.15) is 28.9 Å². The number of aromatic nitrogens is 1. The first-order chi connectivity index (χ1) is 15.2. The highest BCUT2D eigenvalue weighted by Gasteiger charge is 2.34. The minimum Gasteiger partial charge on any atom is -0.457 e. The zero-order valence-electron chi connectivity index (χ0n) is 16.3. The molecule has 1 aliphatic heterocycles. The van der Waals surface area contributed by atoms with Crippen LogP contribution in [-0.2, 0) is 0 Å². The van der Waals surface area contributed by atoms with Crippen molar-refractivity contribution in [1.82, 2.24) is 4.98 Å². The van der Waals surface area contributed by atoms with E-state index >= 15 is 0 Å². The second kappa shape index (κ2) is 7.39. The Balaban J connectivity index is 1.69. The molecule has 1 aromatic heterocycles. The van der Waals surface area contributed by atoms with Crippen molar-refractivity contribution in [2.75, 3.05) is 0 Å². The van der Waals surface area contributed by atoms with Crippen molar-refractivity contribution in [2.24, 2.45) is 5.73 Å². The van der Waals surface area contributed by atoms with Gasteiger partial charge < -0.3 is 20.2 Å². The van der Waals surface area contributed by atoms with Crippen LogP contribution in [0.1, 0.15) is 17.0 Å². The number of pyridine rings is 1. The third-order valence-electron chi connectivity index (χ3n) is 5.25. The zero-order chi connectivity index (χ0) is 21.4. The van der Waals surface area contributed by atoms with Crippen LogP contribution in [0.3, 0.4) is 0 Å². The number of nitrogens with one attached hydrogen (secondary N) is 1. The van der Waals surface area contributed by atoms with Crippen LogP contribution in [0.15, 0.2) is 95.1 Å². The van der Waals surface area contributed by atoms with E-state index in [4.69, 9.17) is 15.2 Å². The van der Waals surface area contributed by atoms with Crippen LogP contribution < -0.4 is 20.8 Å². The van der Waals surface area contributed by atoms with Crippen LogP contribution in [0.25, 0.3) is 10.9 Å². The second-order valence-corrected chi connectivity index (χ2v) is 7.15. The summed E-state index contributed by atoms with van der Waals surface area (Å²) in [6.45, 7) is 0. The molecule has 0 amide bonds. The highest BCUT2D eigenvalue weighted by Crippen LogP contribution is 2.43. The molecule has 3 N–H and O–H groups in total. The number of allylic oxidation sites excluding steroid dienone is 1. The predicted molar refractivity (Wildman–Crippen MR) is 117 cm³/mol. The van der Waals surface area contributed by atoms with Crippen LogP contribution >= 0.6 is 0 Å². The number of hydrogen-bond donors (Lipinski definition) is 2. The molecule has 1 atom stereocenters. The van der Waals surface area contributed by atoms with E-state index in [0.717, 1.165) is 5.39 Å². The Morgan fingerprint density at radius 1 is 0.968 bits per heavy atom. The molecule has 2 heterocycles. The topological polar surface area (TPSA) is 101 Å². The van der Waals surface area contributed by atoms with Gasteiger partial charge in [-0.25, -0.2) is 0 Å². The number of aromatic amines is 1. The van der Waals surface area contributed by atoms with Gasteiger partial charge in [0.2, 0.25) is 5.88 Å². The molecule has 31 heavy (non-hydrogen) atoms. The fourth-order valence-corrected chi connectivity index (χ4v) is 3.89. The maximum atomic E-state index is 13.1. The first-order valence-corrected chi connectivity index (χ1v) is 9.71. The van der Waals surface area contributed by atoms with E-state index in [2.05, 4.69) is 11.1 Å². The minimum atomic E-state index is -0.679. The lowest BCUT2D eigenvalue weighted by atomic mass is 9.83. The Bertz CT molecular complexity index is 1430. The molecule has 150 valence electrons. The number of para-hydroxylation sites is 2. The van der Waals surface area contributed by atoms with Crippen LogP contribution in [0, 0.1) is 11.3 Å². The fourth-order valence-electron chi connectivity index (χ4n) is 3.89. The lowest BCUT2D eigenvalue weighted by molar-refractivity contribution is 0.396. The lowest BCUT2D eigenvalue weighted by Gasteiger charge is -2.26. The average Bonchev–Trinajstić information content (AvgIpc) is 2.79. The normalized spacial score (nSPS) is 15.1. The molecule has 0 unspecified atom stereocenters. The van der Waals surface area contributed by atoms with Crippen LogP contribution in [-0.4, -0.2) is 4.98 Å². The molecule has 5 rings (SSSR count). The first-order valence-electron chi connectivity index (χ1n) is 9.71. The maximum absolute atomic E-state index is 13.1. The molecular formula is C25H17N3O3. The van der Waals surface area contributed by atoms with Crippen molar-refractivity contribution < 1.29 is 9.47 Å². The number of rotatable bonds is 3. The number of benzene rings is 3. The molecule has 0 fully saturated rings. The largest absolute Gasteiger partial charge is 0.457 e. The van der Waals surface area contributed by atoms with Crippen molar-refractivity contribution in [3.05, 3.63) is 112 Å². The van der Waals surface area contributed by atoms with E-state index in [1.54, 1.807) is 6.07 Å². The smallest absolute Gasteiger partial charge is 0.256 e. The Morgan fingerprint density at radius 2 is 1.71 bits per heavy atom. The number of fused-ring (bicyclic) bond motifs is 3. The molecule has 0 radical (unpaired) electrons. The molecule has 0 saturated carbocycles. The fraction of sp³-hybridized carbons (Fsp3) is 0.0400. The Hall–Kier alpha value is -4.50. The Kier molecular flexibility index (Phi) is 4.42. The number of H-pyrrole nitrogens is 1. The van der Waals surface area contributed by atoms with Crippen molar-refractivity contribution in [2.45, 2.75) is 5.92 Å². The lowest BCUT2D eigenvalue weighted by Crippen LogP contribution is -2.27. The van der Waals surface area contributed by atoms with Gasteiger partial charge in [0.25, 0.3) is 5.56 Å². The molecule has 1 aliphatic rings. The standard InChI is InChI=1S/C25H17N3O3/c26-14-19-21(15-7-6-10-17(13-15)30-16-8-2-1-3-9-16)22-23(31-24(19)27)18-11-4-5-12-20(18)28-25(22)29/h1-13,21H,27H2,(H,28,29)/t21-/m0/s1. The summed E-state index contributed by atoms with van der Waals surface area (Å²) in [5.41, 5.74) is 7.68. The number of nitrogens with zero attached hydrogens (tertiary/aromatic N) is 1. The summed E-state index contributed by atoms with van der Waals surface area (Å²) in [4.78, 5) is 16.0. The van der Waals surface area contributed by atoms with Gasteiger partial charge in [0.15, 0.2) is 0 Å². The summed E-state index contributed by atoms with van der Waals surface area (Å²) in [5.74, 6) is 0.957. The van der Waals surface area contributed by atoms with Crippen LogP contribution in [0.4, 0.5) is 0 Å². The summed E-state index contributed by atoms with van der Waals surface area (Å²) in [7, 11) is 0. The van der Waals surface area contributed by atoms with Gasteiger partial charge >= 0.3 is 0 Å². The second-order valence-electron chi connectivity index (χ2n) is 7.15. The van der Waals surface area contributed by atoms with Crippen molar-refractivity contribution >= 4 is 10.9 Å².